The summed E-state index contributed by atoms with van der Waals surface area (Å²) in [4.78, 5) is 28.7. The molecule has 5 nitrogen and oxygen atoms in total. The topological polar surface area (TPSA) is 52.7 Å². The van der Waals surface area contributed by atoms with Gasteiger partial charge in [-0.25, -0.2) is 0 Å². The Morgan fingerprint density at radius 2 is 1.73 bits per heavy atom. The van der Waals surface area contributed by atoms with Gasteiger partial charge in [0, 0.05) is 31.7 Å². The van der Waals surface area contributed by atoms with Crippen molar-refractivity contribution in [3.8, 4) is 0 Å². The van der Waals surface area contributed by atoms with Crippen LogP contribution in [0, 0.1) is 0 Å². The molecular weight excluding hydrogens is 278 g/mol. The molecule has 22 heavy (non-hydrogen) atoms. The van der Waals surface area contributed by atoms with Gasteiger partial charge in [0.15, 0.2) is 0 Å². The zero-order chi connectivity index (χ0) is 15.1. The highest BCUT2D eigenvalue weighted by atomic mass is 16.2. The lowest BCUT2D eigenvalue weighted by molar-refractivity contribution is 0.0622. The van der Waals surface area contributed by atoms with E-state index in [-0.39, 0.29) is 11.8 Å². The molecule has 2 amide bonds. The van der Waals surface area contributed by atoms with E-state index in [1.165, 1.54) is 24.2 Å². The molecule has 0 aromatic heterocycles. The van der Waals surface area contributed by atoms with Gasteiger partial charge in [-0.3, -0.25) is 19.4 Å². The first kappa shape index (κ1) is 13.9. The third-order valence-electron chi connectivity index (χ3n) is 4.98. The largest absolute Gasteiger partial charge is 0.315 e. The first-order valence-electron chi connectivity index (χ1n) is 8.17. The van der Waals surface area contributed by atoms with E-state index in [0.717, 1.165) is 19.6 Å². The molecule has 5 heteroatoms. The highest BCUT2D eigenvalue weighted by Gasteiger charge is 2.38. The second-order valence-corrected chi connectivity index (χ2v) is 6.42. The summed E-state index contributed by atoms with van der Waals surface area (Å²) in [7, 11) is 0. The van der Waals surface area contributed by atoms with Crippen LogP contribution in [0.25, 0.3) is 0 Å². The molecule has 1 aromatic rings. The molecule has 1 saturated carbocycles. The van der Waals surface area contributed by atoms with Gasteiger partial charge in [-0.15, -0.1) is 0 Å². The van der Waals surface area contributed by atoms with Crippen molar-refractivity contribution >= 4 is 11.8 Å². The third kappa shape index (κ3) is 2.34. The normalized spacial score (nSPS) is 24.4. The lowest BCUT2D eigenvalue weighted by Crippen LogP contribution is -2.44. The summed E-state index contributed by atoms with van der Waals surface area (Å²) in [5, 5.41) is 3.41. The molecule has 1 aromatic carbocycles. The second-order valence-electron chi connectivity index (χ2n) is 6.42. The van der Waals surface area contributed by atoms with Crippen molar-refractivity contribution in [3.05, 3.63) is 35.4 Å². The average molecular weight is 299 g/mol. The minimum absolute atomic E-state index is 0.138. The number of fused-ring (bicyclic) bond motifs is 1. The molecule has 1 aliphatic carbocycles. The second kappa shape index (κ2) is 5.48. The number of carbonyl (C=O) groups excluding carboxylic acids is 2. The van der Waals surface area contributed by atoms with Crippen molar-refractivity contribution in [1.82, 2.24) is 15.1 Å². The summed E-state index contributed by atoms with van der Waals surface area (Å²) < 4.78 is 0. The number of benzene rings is 1. The van der Waals surface area contributed by atoms with Gasteiger partial charge in [-0.1, -0.05) is 12.1 Å². The Labute approximate surface area is 130 Å². The Morgan fingerprint density at radius 1 is 1.05 bits per heavy atom. The van der Waals surface area contributed by atoms with Crippen LogP contribution in [0.4, 0.5) is 0 Å². The van der Waals surface area contributed by atoms with Crippen LogP contribution in [-0.4, -0.2) is 59.9 Å². The maximum Gasteiger partial charge on any atom is 0.261 e. The lowest BCUT2D eigenvalue weighted by atomic mass is 10.1. The molecule has 0 spiro atoms. The average Bonchev–Trinajstić information content (AvgIpc) is 3.17. The lowest BCUT2D eigenvalue weighted by Gasteiger charge is -2.29. The number of imide groups is 1. The number of nitrogens with zero attached hydrogens (tertiary/aromatic N) is 2. The van der Waals surface area contributed by atoms with Crippen LogP contribution in [0.1, 0.15) is 40.0 Å². The van der Waals surface area contributed by atoms with Crippen LogP contribution in [-0.2, 0) is 0 Å². The highest BCUT2D eigenvalue weighted by molar-refractivity contribution is 6.21. The van der Waals surface area contributed by atoms with Gasteiger partial charge >= 0.3 is 0 Å². The van der Waals surface area contributed by atoms with Gasteiger partial charge in [0.2, 0.25) is 0 Å². The van der Waals surface area contributed by atoms with E-state index >= 15 is 0 Å². The predicted octanol–water partition coefficient (Wildman–Crippen LogP) is 1.11. The van der Waals surface area contributed by atoms with Crippen molar-refractivity contribution < 1.29 is 9.59 Å². The van der Waals surface area contributed by atoms with Crippen molar-refractivity contribution in [2.75, 3.05) is 26.2 Å². The summed E-state index contributed by atoms with van der Waals surface area (Å²) in [6, 6.07) is 8.33. The smallest absolute Gasteiger partial charge is 0.261 e. The van der Waals surface area contributed by atoms with Gasteiger partial charge in [-0.05, 0) is 37.9 Å². The van der Waals surface area contributed by atoms with Crippen LogP contribution >= 0.6 is 0 Å². The summed E-state index contributed by atoms with van der Waals surface area (Å²) >= 11 is 0. The molecule has 2 aliphatic heterocycles. The monoisotopic (exact) mass is 299 g/mol. The van der Waals surface area contributed by atoms with E-state index in [0.29, 0.717) is 29.8 Å². The van der Waals surface area contributed by atoms with E-state index in [1.807, 2.05) is 12.1 Å². The van der Waals surface area contributed by atoms with Crippen molar-refractivity contribution in [1.29, 1.82) is 0 Å². The number of rotatable bonds is 5. The minimum atomic E-state index is -0.138. The predicted molar refractivity (Wildman–Crippen MR) is 82.8 cm³/mol. The SMILES string of the molecule is O=C1c2ccccc2C(=O)N1CCN(C1CC1)C1CCNC1. The molecule has 2 fully saturated rings. The van der Waals surface area contributed by atoms with Gasteiger partial charge < -0.3 is 5.32 Å². The Hall–Kier alpha value is -1.72. The van der Waals surface area contributed by atoms with Gasteiger partial charge in [0.1, 0.15) is 0 Å². The Bertz CT molecular complexity index is 571. The highest BCUT2D eigenvalue weighted by Crippen LogP contribution is 2.30. The molecular formula is C17H21N3O2. The minimum Gasteiger partial charge on any atom is -0.315 e. The molecule has 1 saturated heterocycles. The van der Waals surface area contributed by atoms with Crippen molar-refractivity contribution in [2.24, 2.45) is 0 Å². The third-order valence-corrected chi connectivity index (χ3v) is 4.98. The van der Waals surface area contributed by atoms with Crippen LogP contribution < -0.4 is 5.32 Å². The number of hydrogen-bond donors (Lipinski definition) is 1. The first-order valence-corrected chi connectivity index (χ1v) is 8.17. The summed E-state index contributed by atoms with van der Waals surface area (Å²) in [5.41, 5.74) is 1.10. The zero-order valence-electron chi connectivity index (χ0n) is 12.6. The van der Waals surface area contributed by atoms with Gasteiger partial charge in [-0.2, -0.15) is 0 Å². The fraction of sp³-hybridized carbons (Fsp3) is 0.529. The summed E-state index contributed by atoms with van der Waals surface area (Å²) in [5.74, 6) is -0.276. The van der Waals surface area contributed by atoms with Crippen LogP contribution in [0.2, 0.25) is 0 Å². The zero-order valence-corrected chi connectivity index (χ0v) is 12.6. The fourth-order valence-corrected chi connectivity index (χ4v) is 3.65. The molecule has 1 atom stereocenters. The van der Waals surface area contributed by atoms with Gasteiger partial charge in [0.05, 0.1) is 11.1 Å². The quantitative estimate of drug-likeness (QED) is 0.828. The molecule has 1 N–H and O–H groups in total. The van der Waals surface area contributed by atoms with Gasteiger partial charge in [0.25, 0.3) is 11.8 Å². The number of carbonyl (C=O) groups is 2. The Balaban J connectivity index is 1.45. The van der Waals surface area contributed by atoms with Crippen molar-refractivity contribution in [3.63, 3.8) is 0 Å². The van der Waals surface area contributed by atoms with Crippen LogP contribution in [0.15, 0.2) is 24.3 Å². The maximum absolute atomic E-state index is 12.4. The molecule has 0 radical (unpaired) electrons. The first-order chi connectivity index (χ1) is 10.8. The summed E-state index contributed by atoms with van der Waals surface area (Å²) in [6.07, 6.45) is 3.66. The molecule has 116 valence electrons. The number of nitrogens with one attached hydrogen (secondary N) is 1. The molecule has 0 bridgehead atoms. The van der Waals surface area contributed by atoms with Crippen molar-refractivity contribution in [2.45, 2.75) is 31.3 Å². The molecule has 4 rings (SSSR count). The van der Waals surface area contributed by atoms with Crippen LogP contribution in [0.5, 0.6) is 0 Å². The number of amides is 2. The molecule has 1 unspecified atom stereocenters. The van der Waals surface area contributed by atoms with E-state index in [2.05, 4.69) is 10.2 Å². The Kier molecular flexibility index (Phi) is 3.47. The number of hydrogen-bond acceptors (Lipinski definition) is 4. The summed E-state index contributed by atoms with van der Waals surface area (Å²) in [6.45, 7) is 3.39. The fourth-order valence-electron chi connectivity index (χ4n) is 3.65. The van der Waals surface area contributed by atoms with E-state index < -0.39 is 0 Å². The molecule has 3 aliphatic rings. The van der Waals surface area contributed by atoms with E-state index in [1.54, 1.807) is 12.1 Å². The molecule has 2 heterocycles. The Morgan fingerprint density at radius 3 is 2.27 bits per heavy atom. The standard InChI is InChI=1S/C17H21N3O2/c21-16-14-3-1-2-4-15(14)17(22)20(16)10-9-19(12-5-6-12)13-7-8-18-11-13/h1-4,12-13,18H,5-11H2. The maximum atomic E-state index is 12.4. The van der Waals surface area contributed by atoms with Crippen LogP contribution in [0.3, 0.4) is 0 Å². The van der Waals surface area contributed by atoms with E-state index in [4.69, 9.17) is 0 Å². The van der Waals surface area contributed by atoms with E-state index in [9.17, 15) is 9.59 Å².